The second kappa shape index (κ2) is 11.6. The van der Waals surface area contributed by atoms with E-state index in [1.807, 2.05) is 58.9 Å². The Morgan fingerprint density at radius 2 is 1.85 bits per heavy atom. The molecule has 1 aliphatic heterocycles. The minimum absolute atomic E-state index is 0.0430. The number of aromatic nitrogens is 3. The van der Waals surface area contributed by atoms with E-state index in [1.165, 1.54) is 11.3 Å². The van der Waals surface area contributed by atoms with Gasteiger partial charge in [-0.2, -0.15) is 0 Å². The van der Waals surface area contributed by atoms with Crippen LogP contribution in [0.4, 0.5) is 17.2 Å². The van der Waals surface area contributed by atoms with E-state index in [9.17, 15) is 9.90 Å². The molecular formula is C31H32N6O2S2. The molecule has 0 unspecified atom stereocenters. The summed E-state index contributed by atoms with van der Waals surface area (Å²) < 4.78 is 1.11. The first-order valence-corrected chi connectivity index (χ1v) is 15.4. The molecule has 41 heavy (non-hydrogen) atoms. The van der Waals surface area contributed by atoms with Crippen molar-refractivity contribution in [3.8, 4) is 10.6 Å². The van der Waals surface area contributed by atoms with Gasteiger partial charge in [0.1, 0.15) is 15.7 Å². The summed E-state index contributed by atoms with van der Waals surface area (Å²) in [7, 11) is 0. The number of aliphatic hydroxyl groups is 1. The molecule has 1 saturated heterocycles. The number of hydrogen-bond acceptors (Lipinski definition) is 9. The molecule has 0 aliphatic carbocycles. The number of thiazole rings is 2. The summed E-state index contributed by atoms with van der Waals surface area (Å²) in [5.74, 6) is 0.670. The number of piperidine rings is 1. The van der Waals surface area contributed by atoms with Crippen LogP contribution in [0.5, 0.6) is 0 Å². The Balaban J connectivity index is 1.16. The molecule has 3 aromatic heterocycles. The molecule has 0 atom stereocenters. The van der Waals surface area contributed by atoms with Crippen LogP contribution in [0.2, 0.25) is 0 Å². The summed E-state index contributed by atoms with van der Waals surface area (Å²) in [6, 6.07) is 18.3. The lowest BCUT2D eigenvalue weighted by Gasteiger charge is -2.38. The molecular weight excluding hydrogens is 553 g/mol. The fraction of sp³-hybridized carbons (Fsp3) is 0.290. The van der Waals surface area contributed by atoms with Crippen LogP contribution < -0.4 is 10.6 Å². The Bertz CT molecular complexity index is 1660. The molecule has 1 aliphatic rings. The molecule has 1 fully saturated rings. The Morgan fingerprint density at radius 3 is 2.63 bits per heavy atom. The second-order valence-electron chi connectivity index (χ2n) is 10.8. The maximum Gasteiger partial charge on any atom is 0.265 e. The fourth-order valence-corrected chi connectivity index (χ4v) is 6.76. The zero-order valence-corrected chi connectivity index (χ0v) is 24.6. The summed E-state index contributed by atoms with van der Waals surface area (Å²) in [5, 5.41) is 18.8. The fourth-order valence-electron chi connectivity index (χ4n) is 5.14. The minimum atomic E-state index is -0.789. The van der Waals surface area contributed by atoms with Gasteiger partial charge in [-0.05, 0) is 50.5 Å². The van der Waals surface area contributed by atoms with E-state index in [1.54, 1.807) is 23.7 Å². The zero-order chi connectivity index (χ0) is 28.4. The van der Waals surface area contributed by atoms with Gasteiger partial charge in [0.2, 0.25) is 0 Å². The number of nitrogens with one attached hydrogen (secondary N) is 2. The molecule has 3 N–H and O–H groups in total. The lowest BCUT2D eigenvalue weighted by atomic mass is 9.85. The Hall–Kier alpha value is -3.86. The van der Waals surface area contributed by atoms with E-state index in [2.05, 4.69) is 45.5 Å². The number of amides is 1. The van der Waals surface area contributed by atoms with Gasteiger partial charge in [-0.3, -0.25) is 4.79 Å². The number of fused-ring (bicyclic) bond motifs is 1. The number of carbonyl (C=O) groups excluding carboxylic acids is 1. The molecule has 1 amide bonds. The zero-order valence-electron chi connectivity index (χ0n) is 23.0. The van der Waals surface area contributed by atoms with Gasteiger partial charge in [-0.1, -0.05) is 30.3 Å². The maximum absolute atomic E-state index is 13.4. The van der Waals surface area contributed by atoms with Crippen LogP contribution in [0.3, 0.4) is 0 Å². The lowest BCUT2D eigenvalue weighted by Crippen LogP contribution is -2.47. The number of benzene rings is 2. The molecule has 8 nitrogen and oxygen atoms in total. The third-order valence-corrected chi connectivity index (χ3v) is 9.07. The highest BCUT2D eigenvalue weighted by atomic mass is 32.1. The predicted octanol–water partition coefficient (Wildman–Crippen LogP) is 6.59. The summed E-state index contributed by atoms with van der Waals surface area (Å²) >= 11 is 2.98. The van der Waals surface area contributed by atoms with E-state index in [-0.39, 0.29) is 11.9 Å². The van der Waals surface area contributed by atoms with Crippen LogP contribution in [-0.2, 0) is 6.42 Å². The van der Waals surface area contributed by atoms with Crippen LogP contribution in [0.1, 0.15) is 41.9 Å². The minimum Gasteiger partial charge on any atom is -0.389 e. The van der Waals surface area contributed by atoms with Crippen LogP contribution in [0, 0.1) is 0 Å². The summed E-state index contributed by atoms with van der Waals surface area (Å²) in [5.41, 5.74) is 5.84. The van der Waals surface area contributed by atoms with Gasteiger partial charge in [0.05, 0.1) is 33.1 Å². The predicted molar refractivity (Wildman–Crippen MR) is 167 cm³/mol. The highest BCUT2D eigenvalue weighted by Crippen LogP contribution is 2.35. The maximum atomic E-state index is 13.4. The van der Waals surface area contributed by atoms with E-state index in [4.69, 9.17) is 0 Å². The smallest absolute Gasteiger partial charge is 0.265 e. The number of pyridine rings is 1. The van der Waals surface area contributed by atoms with Crippen molar-refractivity contribution in [3.05, 3.63) is 82.9 Å². The molecule has 210 valence electrons. The van der Waals surface area contributed by atoms with Crippen LogP contribution in [0.25, 0.3) is 20.8 Å². The number of nitrogens with zero attached hydrogens (tertiary/aromatic N) is 4. The average Bonchev–Trinajstić information content (AvgIpc) is 3.63. The first-order chi connectivity index (χ1) is 19.8. The number of hydrogen-bond donors (Lipinski definition) is 3. The van der Waals surface area contributed by atoms with Crippen LogP contribution in [0.15, 0.2) is 72.5 Å². The Kier molecular flexibility index (Phi) is 7.70. The molecule has 2 aromatic carbocycles. The van der Waals surface area contributed by atoms with Crippen LogP contribution >= 0.6 is 22.7 Å². The Labute approximate surface area is 247 Å². The quantitative estimate of drug-likeness (QED) is 0.189. The highest BCUT2D eigenvalue weighted by molar-refractivity contribution is 7.17. The van der Waals surface area contributed by atoms with Crippen molar-refractivity contribution in [2.75, 3.05) is 23.7 Å². The van der Waals surface area contributed by atoms with E-state index >= 15 is 0 Å². The van der Waals surface area contributed by atoms with E-state index < -0.39 is 5.60 Å². The van der Waals surface area contributed by atoms with Crippen LogP contribution in [-0.4, -0.2) is 55.6 Å². The van der Waals surface area contributed by atoms with Crippen molar-refractivity contribution in [3.63, 3.8) is 0 Å². The molecule has 10 heteroatoms. The van der Waals surface area contributed by atoms with Crippen molar-refractivity contribution in [2.24, 2.45) is 0 Å². The summed E-state index contributed by atoms with van der Waals surface area (Å²) in [6.07, 6.45) is 5.16. The van der Waals surface area contributed by atoms with Crippen molar-refractivity contribution in [1.29, 1.82) is 0 Å². The average molecular weight is 585 g/mol. The van der Waals surface area contributed by atoms with Crippen molar-refractivity contribution in [2.45, 2.75) is 44.8 Å². The molecule has 6 rings (SSSR count). The van der Waals surface area contributed by atoms with Gasteiger partial charge in [-0.25, -0.2) is 15.0 Å². The molecule has 4 heterocycles. The number of likely N-dealkylation sites (tertiary alicyclic amines) is 1. The van der Waals surface area contributed by atoms with Gasteiger partial charge in [0, 0.05) is 49.2 Å². The van der Waals surface area contributed by atoms with Gasteiger partial charge in [0.15, 0.2) is 0 Å². The first-order valence-electron chi connectivity index (χ1n) is 13.7. The van der Waals surface area contributed by atoms with Gasteiger partial charge in [-0.15, -0.1) is 22.7 Å². The number of carbonyl (C=O) groups is 1. The van der Waals surface area contributed by atoms with E-state index in [0.717, 1.165) is 37.7 Å². The highest BCUT2D eigenvalue weighted by Gasteiger charge is 2.34. The number of anilines is 3. The molecule has 5 aromatic rings. The topological polar surface area (TPSA) is 103 Å². The van der Waals surface area contributed by atoms with Crippen molar-refractivity contribution >= 4 is 56.0 Å². The normalized spacial score (nSPS) is 14.9. The lowest BCUT2D eigenvalue weighted by molar-refractivity contribution is -0.0161. The summed E-state index contributed by atoms with van der Waals surface area (Å²) in [6.45, 7) is 5.21. The van der Waals surface area contributed by atoms with Gasteiger partial charge < -0.3 is 20.6 Å². The second-order valence-corrected chi connectivity index (χ2v) is 12.7. The van der Waals surface area contributed by atoms with Gasteiger partial charge >= 0.3 is 0 Å². The number of rotatable bonds is 8. The monoisotopic (exact) mass is 584 g/mol. The third-order valence-electron chi connectivity index (χ3n) is 7.26. The molecule has 0 radical (unpaired) electrons. The molecule has 0 bridgehead atoms. The largest absolute Gasteiger partial charge is 0.389 e. The SMILES string of the molecule is CC(C)Nc1cc(Nc2ccc3ncsc3c2)ncc1-c1ncc(C(=O)N2CCC(O)(Cc3ccccc3)CC2)s1. The standard InChI is InChI=1S/C31H32N6O2S2/c1-20(2)35-25-15-28(36-22-8-9-24-26(14-22)40-19-34-24)32-17-23(25)29-33-18-27(41-29)30(38)37-12-10-31(39,11-13-37)16-21-6-4-3-5-7-21/h3-9,14-15,17-20,39H,10-13,16H2,1-2H3,(H2,32,35,36). The summed E-state index contributed by atoms with van der Waals surface area (Å²) in [4.78, 5) is 29.4. The van der Waals surface area contributed by atoms with Crippen molar-refractivity contribution in [1.82, 2.24) is 19.9 Å². The molecule has 0 spiro atoms. The third kappa shape index (κ3) is 6.24. The Morgan fingerprint density at radius 1 is 1.05 bits per heavy atom. The van der Waals surface area contributed by atoms with E-state index in [0.29, 0.717) is 43.0 Å². The van der Waals surface area contributed by atoms with Gasteiger partial charge in [0.25, 0.3) is 5.91 Å². The first kappa shape index (κ1) is 27.3. The van der Waals surface area contributed by atoms with Crippen molar-refractivity contribution < 1.29 is 9.90 Å². The molecule has 0 saturated carbocycles.